The van der Waals surface area contributed by atoms with Gasteiger partial charge in [-0.15, -0.1) is 10.2 Å². The Bertz CT molecular complexity index is 1070. The lowest BCUT2D eigenvalue weighted by atomic mass is 10.1. The number of carbonyl (C=O) groups excluding carboxylic acids is 1. The van der Waals surface area contributed by atoms with Crippen LogP contribution in [0.1, 0.15) is 36.4 Å². The number of ether oxygens (including phenoxy) is 2. The number of aryl methyl sites for hydroxylation is 1. The molecule has 1 aliphatic heterocycles. The second kappa shape index (κ2) is 7.69. The minimum atomic E-state index is -0.774. The molecule has 1 saturated heterocycles. The van der Waals surface area contributed by atoms with Gasteiger partial charge in [-0.2, -0.15) is 0 Å². The van der Waals surface area contributed by atoms with E-state index in [1.54, 1.807) is 25.1 Å². The Hall–Kier alpha value is -2.78. The van der Waals surface area contributed by atoms with Gasteiger partial charge in [-0.1, -0.05) is 11.3 Å². The number of hydrogen-bond donors (Lipinski definition) is 1. The van der Waals surface area contributed by atoms with Crippen molar-refractivity contribution in [1.82, 2.24) is 10.2 Å². The molecule has 8 nitrogen and oxygen atoms in total. The third kappa shape index (κ3) is 3.90. The average Bonchev–Trinajstić information content (AvgIpc) is 3.32. The molecule has 1 aromatic carbocycles. The van der Waals surface area contributed by atoms with Crippen LogP contribution in [-0.2, 0) is 9.53 Å². The molecule has 2 aromatic heterocycles. The lowest BCUT2D eigenvalue weighted by molar-refractivity contribution is -0.122. The number of carbonyl (C=O) groups is 1. The highest BCUT2D eigenvalue weighted by Crippen LogP contribution is 2.32. The van der Waals surface area contributed by atoms with Crippen molar-refractivity contribution in [1.29, 1.82) is 0 Å². The molecule has 0 saturated carbocycles. The van der Waals surface area contributed by atoms with Crippen LogP contribution in [-0.4, -0.2) is 28.8 Å². The summed E-state index contributed by atoms with van der Waals surface area (Å²) < 4.78 is 16.5. The van der Waals surface area contributed by atoms with Gasteiger partial charge in [-0.25, -0.2) is 4.79 Å². The predicted octanol–water partition coefficient (Wildman–Crippen LogP) is 3.21. The lowest BCUT2D eigenvalue weighted by Crippen LogP contribution is -2.30. The summed E-state index contributed by atoms with van der Waals surface area (Å²) in [7, 11) is 0. The standard InChI is InChI=1S/C19H19N3O5S/c1-10-8-16(23)27-15-9-12(5-6-13(10)15)26-11(2)17(24)20-19-22-21-18(28-19)14-4-3-7-25-14/h5-6,8-9,11,14H,3-4,7H2,1-2H3,(H,20,22,24). The highest BCUT2D eigenvalue weighted by atomic mass is 32.1. The Morgan fingerprint density at radius 2 is 2.21 bits per heavy atom. The molecule has 3 aromatic rings. The van der Waals surface area contributed by atoms with E-state index >= 15 is 0 Å². The molecule has 1 fully saturated rings. The van der Waals surface area contributed by atoms with Crippen molar-refractivity contribution in [3.63, 3.8) is 0 Å². The molecule has 0 spiro atoms. The number of rotatable bonds is 5. The van der Waals surface area contributed by atoms with Crippen LogP contribution in [0.25, 0.3) is 11.0 Å². The van der Waals surface area contributed by atoms with Crippen LogP contribution in [0.2, 0.25) is 0 Å². The molecule has 2 unspecified atom stereocenters. The fourth-order valence-electron chi connectivity index (χ4n) is 3.03. The summed E-state index contributed by atoms with van der Waals surface area (Å²) in [5.41, 5.74) is 0.814. The normalized spacial score (nSPS) is 17.6. The molecule has 0 bridgehead atoms. The fraction of sp³-hybridized carbons (Fsp3) is 0.368. The second-order valence-electron chi connectivity index (χ2n) is 6.60. The second-order valence-corrected chi connectivity index (χ2v) is 7.61. The predicted molar refractivity (Wildman–Crippen MR) is 104 cm³/mol. The van der Waals surface area contributed by atoms with Gasteiger partial charge in [0.25, 0.3) is 5.91 Å². The molecular formula is C19H19N3O5S. The highest BCUT2D eigenvalue weighted by molar-refractivity contribution is 7.15. The van der Waals surface area contributed by atoms with Crippen LogP contribution in [0.4, 0.5) is 5.13 Å². The van der Waals surface area contributed by atoms with Crippen molar-refractivity contribution in [2.24, 2.45) is 0 Å². The third-order valence-corrected chi connectivity index (χ3v) is 5.41. The number of nitrogens with zero attached hydrogens (tertiary/aromatic N) is 2. The Morgan fingerprint density at radius 3 is 3.00 bits per heavy atom. The maximum Gasteiger partial charge on any atom is 0.336 e. The third-order valence-electron chi connectivity index (χ3n) is 4.48. The molecular weight excluding hydrogens is 382 g/mol. The van der Waals surface area contributed by atoms with E-state index in [4.69, 9.17) is 13.9 Å². The first-order valence-corrected chi connectivity index (χ1v) is 9.78. The van der Waals surface area contributed by atoms with Crippen molar-refractivity contribution in [3.8, 4) is 5.75 Å². The minimum absolute atomic E-state index is 0.0347. The fourth-order valence-corrected chi connectivity index (χ4v) is 3.86. The summed E-state index contributed by atoms with van der Waals surface area (Å²) in [6.07, 6.45) is 1.11. The maximum atomic E-state index is 12.4. The van der Waals surface area contributed by atoms with E-state index in [1.807, 2.05) is 6.92 Å². The highest BCUT2D eigenvalue weighted by Gasteiger charge is 2.23. The number of fused-ring (bicyclic) bond motifs is 1. The number of nitrogens with one attached hydrogen (secondary N) is 1. The van der Waals surface area contributed by atoms with Gasteiger partial charge in [0, 0.05) is 24.1 Å². The molecule has 1 amide bonds. The number of amides is 1. The smallest absolute Gasteiger partial charge is 0.336 e. The van der Waals surface area contributed by atoms with Crippen LogP contribution in [0.5, 0.6) is 5.75 Å². The summed E-state index contributed by atoms with van der Waals surface area (Å²) in [4.78, 5) is 24.0. The van der Waals surface area contributed by atoms with Crippen LogP contribution in [0, 0.1) is 6.92 Å². The molecule has 0 radical (unpaired) electrons. The van der Waals surface area contributed by atoms with E-state index < -0.39 is 11.7 Å². The SMILES string of the molecule is Cc1cc(=O)oc2cc(OC(C)C(=O)Nc3nnc(C4CCCO4)s3)ccc12. The first-order chi connectivity index (χ1) is 13.5. The zero-order valence-electron chi connectivity index (χ0n) is 15.4. The first-order valence-electron chi connectivity index (χ1n) is 8.96. The Balaban J connectivity index is 1.43. The van der Waals surface area contributed by atoms with E-state index in [0.717, 1.165) is 35.4 Å². The van der Waals surface area contributed by atoms with Gasteiger partial charge in [0.1, 0.15) is 22.4 Å². The van der Waals surface area contributed by atoms with Gasteiger partial charge in [-0.3, -0.25) is 10.1 Å². The molecule has 0 aliphatic carbocycles. The van der Waals surface area contributed by atoms with Crippen LogP contribution < -0.4 is 15.7 Å². The van der Waals surface area contributed by atoms with Gasteiger partial charge in [0.2, 0.25) is 5.13 Å². The maximum absolute atomic E-state index is 12.4. The van der Waals surface area contributed by atoms with Gasteiger partial charge in [0.05, 0.1) is 0 Å². The van der Waals surface area contributed by atoms with Crippen molar-refractivity contribution in [2.45, 2.75) is 38.9 Å². The Kier molecular flexibility index (Phi) is 5.10. The number of anilines is 1. The zero-order chi connectivity index (χ0) is 19.7. The summed E-state index contributed by atoms with van der Waals surface area (Å²) in [6, 6.07) is 6.58. The van der Waals surface area contributed by atoms with Crippen LogP contribution in [0.15, 0.2) is 33.5 Å². The molecule has 9 heteroatoms. The van der Waals surface area contributed by atoms with Crippen LogP contribution in [0.3, 0.4) is 0 Å². The zero-order valence-corrected chi connectivity index (χ0v) is 16.2. The van der Waals surface area contributed by atoms with Crippen LogP contribution >= 0.6 is 11.3 Å². The Morgan fingerprint density at radius 1 is 1.36 bits per heavy atom. The monoisotopic (exact) mass is 401 g/mol. The van der Waals surface area contributed by atoms with Crippen molar-refractivity contribution in [3.05, 3.63) is 45.3 Å². The van der Waals surface area contributed by atoms with E-state index in [0.29, 0.717) is 16.5 Å². The molecule has 146 valence electrons. The Labute approximate surface area is 164 Å². The molecule has 28 heavy (non-hydrogen) atoms. The summed E-state index contributed by atoms with van der Waals surface area (Å²) in [5, 5.41) is 12.8. The molecule has 1 aliphatic rings. The number of aromatic nitrogens is 2. The average molecular weight is 401 g/mol. The molecule has 3 heterocycles. The van der Waals surface area contributed by atoms with E-state index in [2.05, 4.69) is 15.5 Å². The molecule has 2 atom stereocenters. The van der Waals surface area contributed by atoms with E-state index in [9.17, 15) is 9.59 Å². The summed E-state index contributed by atoms with van der Waals surface area (Å²) in [6.45, 7) is 4.19. The number of benzene rings is 1. The lowest BCUT2D eigenvalue weighted by Gasteiger charge is -2.14. The molecule has 4 rings (SSSR count). The van der Waals surface area contributed by atoms with E-state index in [1.165, 1.54) is 17.4 Å². The quantitative estimate of drug-likeness (QED) is 0.655. The van der Waals surface area contributed by atoms with Gasteiger partial charge in [0.15, 0.2) is 6.10 Å². The van der Waals surface area contributed by atoms with Gasteiger partial charge < -0.3 is 13.9 Å². The van der Waals surface area contributed by atoms with Crippen molar-refractivity contribution >= 4 is 33.3 Å². The first kappa shape index (κ1) is 18.6. The molecule has 1 N–H and O–H groups in total. The largest absolute Gasteiger partial charge is 0.481 e. The van der Waals surface area contributed by atoms with Crippen molar-refractivity contribution in [2.75, 3.05) is 11.9 Å². The minimum Gasteiger partial charge on any atom is -0.481 e. The van der Waals surface area contributed by atoms with Gasteiger partial charge >= 0.3 is 5.63 Å². The number of hydrogen-bond acceptors (Lipinski definition) is 8. The summed E-state index contributed by atoms with van der Waals surface area (Å²) >= 11 is 1.30. The van der Waals surface area contributed by atoms with Crippen molar-refractivity contribution < 1.29 is 18.7 Å². The van der Waals surface area contributed by atoms with E-state index in [-0.39, 0.29) is 12.0 Å². The topological polar surface area (TPSA) is 104 Å². The summed E-state index contributed by atoms with van der Waals surface area (Å²) in [5.74, 6) is 0.0852. The van der Waals surface area contributed by atoms with Gasteiger partial charge in [-0.05, 0) is 44.4 Å².